The molecule has 0 saturated carbocycles. The third kappa shape index (κ3) is 4.05. The summed E-state index contributed by atoms with van der Waals surface area (Å²) in [6.45, 7) is 5.23. The molecule has 1 aromatic heterocycles. The maximum Gasteiger partial charge on any atom is 0.322 e. The van der Waals surface area contributed by atoms with Gasteiger partial charge in [0.05, 0.1) is 7.11 Å². The summed E-state index contributed by atoms with van der Waals surface area (Å²) in [4.78, 5) is 12.4. The predicted molar refractivity (Wildman–Crippen MR) is 68.5 cm³/mol. The third-order valence-corrected chi connectivity index (χ3v) is 2.72. The van der Waals surface area contributed by atoms with E-state index in [1.54, 1.807) is 14.2 Å². The minimum Gasteiger partial charge on any atom is -0.467 e. The number of nitrogens with one attached hydrogen (secondary N) is 2. The van der Waals surface area contributed by atoms with Crippen molar-refractivity contribution in [3.63, 3.8) is 0 Å². The summed E-state index contributed by atoms with van der Waals surface area (Å²) in [5, 5.41) is 6.09. The van der Waals surface area contributed by atoms with Crippen LogP contribution in [0.4, 0.5) is 11.9 Å². The van der Waals surface area contributed by atoms with Gasteiger partial charge in [-0.3, -0.25) is 0 Å². The fourth-order valence-corrected chi connectivity index (χ4v) is 1.45. The molecule has 0 atom stereocenters. The van der Waals surface area contributed by atoms with E-state index in [4.69, 9.17) is 4.74 Å². The van der Waals surface area contributed by atoms with Crippen molar-refractivity contribution in [2.45, 2.75) is 26.7 Å². The van der Waals surface area contributed by atoms with Gasteiger partial charge in [0.2, 0.25) is 11.9 Å². The van der Waals surface area contributed by atoms with Gasteiger partial charge in [0.25, 0.3) is 0 Å². The maximum atomic E-state index is 5.01. The minimum absolute atomic E-state index is 0.316. The smallest absolute Gasteiger partial charge is 0.322 e. The molecular weight excluding hydrogens is 218 g/mol. The highest BCUT2D eigenvalue weighted by molar-refractivity contribution is 5.35. The number of ether oxygens (including phenoxy) is 1. The van der Waals surface area contributed by atoms with E-state index in [0.29, 0.717) is 23.8 Å². The van der Waals surface area contributed by atoms with Crippen LogP contribution in [-0.2, 0) is 0 Å². The number of anilines is 2. The van der Waals surface area contributed by atoms with E-state index in [-0.39, 0.29) is 0 Å². The molecule has 2 N–H and O–H groups in total. The first-order chi connectivity index (χ1) is 8.23. The van der Waals surface area contributed by atoms with Gasteiger partial charge in [-0.15, -0.1) is 0 Å². The summed E-state index contributed by atoms with van der Waals surface area (Å²) in [5.74, 6) is 1.69. The van der Waals surface area contributed by atoms with Crippen molar-refractivity contribution in [2.24, 2.45) is 5.92 Å². The Morgan fingerprint density at radius 3 is 2.29 bits per heavy atom. The largest absolute Gasteiger partial charge is 0.467 e. The monoisotopic (exact) mass is 239 g/mol. The Balaban J connectivity index is 2.69. The van der Waals surface area contributed by atoms with E-state index in [9.17, 15) is 0 Å². The quantitative estimate of drug-likeness (QED) is 0.755. The van der Waals surface area contributed by atoms with Gasteiger partial charge >= 0.3 is 6.01 Å². The number of hydrogen-bond acceptors (Lipinski definition) is 6. The van der Waals surface area contributed by atoms with E-state index in [1.807, 2.05) is 0 Å². The number of rotatable bonds is 7. The second kappa shape index (κ2) is 6.88. The molecule has 0 aromatic carbocycles. The summed E-state index contributed by atoms with van der Waals surface area (Å²) in [6.07, 6.45) is 2.29. The molecule has 0 aliphatic carbocycles. The highest BCUT2D eigenvalue weighted by Crippen LogP contribution is 2.12. The Morgan fingerprint density at radius 2 is 1.76 bits per heavy atom. The van der Waals surface area contributed by atoms with Gasteiger partial charge in [0.1, 0.15) is 0 Å². The fraction of sp³-hybridized carbons (Fsp3) is 0.727. The standard InChI is InChI=1S/C11H21N5O/c1-5-8(6-2)7-13-10-14-9(12-3)15-11(16-10)17-4/h8H,5-7H2,1-4H3,(H2,12,13,14,15,16). The Kier molecular flexibility index (Phi) is 5.45. The SMILES string of the molecule is CCC(CC)CNc1nc(NC)nc(OC)n1. The van der Waals surface area contributed by atoms with Crippen LogP contribution >= 0.6 is 0 Å². The first-order valence-electron chi connectivity index (χ1n) is 5.95. The normalized spacial score (nSPS) is 10.4. The molecule has 0 amide bonds. The van der Waals surface area contributed by atoms with E-state index in [1.165, 1.54) is 0 Å². The highest BCUT2D eigenvalue weighted by Gasteiger charge is 2.07. The van der Waals surface area contributed by atoms with Crippen LogP contribution in [0.25, 0.3) is 0 Å². The molecule has 0 aliphatic rings. The molecule has 1 aromatic rings. The summed E-state index contributed by atoms with van der Waals surface area (Å²) in [5.41, 5.74) is 0. The number of aromatic nitrogens is 3. The van der Waals surface area contributed by atoms with E-state index < -0.39 is 0 Å². The Morgan fingerprint density at radius 1 is 1.12 bits per heavy atom. The molecule has 96 valence electrons. The summed E-state index contributed by atoms with van der Waals surface area (Å²) in [6, 6.07) is 0.316. The van der Waals surface area contributed by atoms with Gasteiger partial charge < -0.3 is 15.4 Å². The lowest BCUT2D eigenvalue weighted by molar-refractivity contribution is 0.379. The van der Waals surface area contributed by atoms with Crippen LogP contribution in [0, 0.1) is 5.92 Å². The second-order valence-corrected chi connectivity index (χ2v) is 3.78. The topological polar surface area (TPSA) is 72.0 Å². The zero-order valence-electron chi connectivity index (χ0n) is 10.9. The van der Waals surface area contributed by atoms with Gasteiger partial charge in [-0.05, 0) is 5.92 Å². The summed E-state index contributed by atoms with van der Waals surface area (Å²) in [7, 11) is 3.30. The van der Waals surface area contributed by atoms with Crippen LogP contribution < -0.4 is 15.4 Å². The fourth-order valence-electron chi connectivity index (χ4n) is 1.45. The van der Waals surface area contributed by atoms with Crippen molar-refractivity contribution in [3.8, 4) is 6.01 Å². The van der Waals surface area contributed by atoms with Crippen molar-refractivity contribution < 1.29 is 4.74 Å². The predicted octanol–water partition coefficient (Wildman–Crippen LogP) is 1.77. The molecule has 0 spiro atoms. The third-order valence-electron chi connectivity index (χ3n) is 2.72. The summed E-state index contributed by atoms with van der Waals surface area (Å²) >= 11 is 0. The molecule has 0 bridgehead atoms. The average Bonchev–Trinajstić information content (AvgIpc) is 2.39. The van der Waals surface area contributed by atoms with Crippen molar-refractivity contribution in [3.05, 3.63) is 0 Å². The molecule has 0 fully saturated rings. The average molecular weight is 239 g/mol. The lowest BCUT2D eigenvalue weighted by Gasteiger charge is -2.13. The molecular formula is C11H21N5O. The molecule has 0 radical (unpaired) electrons. The lowest BCUT2D eigenvalue weighted by Crippen LogP contribution is -2.15. The second-order valence-electron chi connectivity index (χ2n) is 3.78. The number of methoxy groups -OCH3 is 1. The van der Waals surface area contributed by atoms with E-state index >= 15 is 0 Å². The van der Waals surface area contributed by atoms with Crippen LogP contribution in [0.15, 0.2) is 0 Å². The zero-order valence-corrected chi connectivity index (χ0v) is 10.9. The first-order valence-corrected chi connectivity index (χ1v) is 5.95. The van der Waals surface area contributed by atoms with Crippen LogP contribution in [0.2, 0.25) is 0 Å². The van der Waals surface area contributed by atoms with Crippen LogP contribution in [0.5, 0.6) is 6.01 Å². The van der Waals surface area contributed by atoms with Crippen molar-refractivity contribution in [1.82, 2.24) is 15.0 Å². The highest BCUT2D eigenvalue weighted by atomic mass is 16.5. The molecule has 17 heavy (non-hydrogen) atoms. The maximum absolute atomic E-state index is 5.01. The number of nitrogens with zero attached hydrogens (tertiary/aromatic N) is 3. The molecule has 1 heterocycles. The Hall–Kier alpha value is -1.59. The van der Waals surface area contributed by atoms with Crippen LogP contribution in [0.1, 0.15) is 26.7 Å². The van der Waals surface area contributed by atoms with Gasteiger partial charge in [0.15, 0.2) is 0 Å². The van der Waals surface area contributed by atoms with Crippen molar-refractivity contribution in [1.29, 1.82) is 0 Å². The molecule has 6 heteroatoms. The lowest BCUT2D eigenvalue weighted by atomic mass is 10.0. The Labute approximate surface area is 102 Å². The number of hydrogen-bond donors (Lipinski definition) is 2. The molecule has 0 unspecified atom stereocenters. The molecule has 0 saturated heterocycles. The minimum atomic E-state index is 0.316. The molecule has 0 aliphatic heterocycles. The zero-order chi connectivity index (χ0) is 12.7. The van der Waals surface area contributed by atoms with Crippen LogP contribution in [0.3, 0.4) is 0 Å². The van der Waals surface area contributed by atoms with Gasteiger partial charge in [-0.2, -0.15) is 15.0 Å². The first kappa shape index (κ1) is 13.5. The van der Waals surface area contributed by atoms with Gasteiger partial charge in [-0.25, -0.2) is 0 Å². The molecule has 1 rings (SSSR count). The van der Waals surface area contributed by atoms with Gasteiger partial charge in [-0.1, -0.05) is 26.7 Å². The summed E-state index contributed by atoms with van der Waals surface area (Å²) < 4.78 is 5.01. The van der Waals surface area contributed by atoms with Crippen molar-refractivity contribution in [2.75, 3.05) is 31.3 Å². The molecule has 6 nitrogen and oxygen atoms in total. The van der Waals surface area contributed by atoms with Gasteiger partial charge in [0, 0.05) is 13.6 Å². The van der Waals surface area contributed by atoms with E-state index in [2.05, 4.69) is 39.4 Å². The Bertz CT molecular complexity index is 318. The van der Waals surface area contributed by atoms with E-state index in [0.717, 1.165) is 19.4 Å². The van der Waals surface area contributed by atoms with Crippen LogP contribution in [-0.4, -0.2) is 35.7 Å². The van der Waals surface area contributed by atoms with Crippen molar-refractivity contribution >= 4 is 11.9 Å².